The standard InChI is InChI=1S/C25H21FN2O3/c1-16-5-3-4-6-21(16)27-23-22(18-9-13-20(31-2)14-10-18)24(29)28(25(23)30)15-17-7-11-19(26)12-8-17/h3-14,27H,15H2,1-2H3. The van der Waals surface area contributed by atoms with Gasteiger partial charge in [0.1, 0.15) is 17.3 Å². The first-order chi connectivity index (χ1) is 15.0. The highest BCUT2D eigenvalue weighted by Crippen LogP contribution is 2.33. The Bertz CT molecular complexity index is 1170. The lowest BCUT2D eigenvalue weighted by Gasteiger charge is -2.16. The van der Waals surface area contributed by atoms with Crippen LogP contribution in [0.2, 0.25) is 0 Å². The summed E-state index contributed by atoms with van der Waals surface area (Å²) < 4.78 is 18.5. The van der Waals surface area contributed by atoms with E-state index in [4.69, 9.17) is 4.74 Å². The fraction of sp³-hybridized carbons (Fsp3) is 0.120. The largest absolute Gasteiger partial charge is 0.497 e. The zero-order valence-electron chi connectivity index (χ0n) is 17.2. The van der Waals surface area contributed by atoms with Gasteiger partial charge in [0.05, 0.1) is 19.2 Å². The number of hydrogen-bond acceptors (Lipinski definition) is 4. The summed E-state index contributed by atoms with van der Waals surface area (Å²) in [6.45, 7) is 1.98. The second-order valence-corrected chi connectivity index (χ2v) is 7.24. The summed E-state index contributed by atoms with van der Waals surface area (Å²) in [5, 5.41) is 3.17. The Morgan fingerprint density at radius 1 is 0.903 bits per heavy atom. The van der Waals surface area contributed by atoms with E-state index in [1.807, 2.05) is 31.2 Å². The van der Waals surface area contributed by atoms with Crippen LogP contribution in [0, 0.1) is 12.7 Å². The van der Waals surface area contributed by atoms with E-state index in [1.165, 1.54) is 17.0 Å². The molecule has 0 radical (unpaired) electrons. The predicted octanol–water partition coefficient (Wildman–Crippen LogP) is 4.53. The third kappa shape index (κ3) is 4.05. The van der Waals surface area contributed by atoms with Crippen molar-refractivity contribution in [3.05, 3.63) is 101 Å². The van der Waals surface area contributed by atoms with Crippen LogP contribution in [-0.4, -0.2) is 23.8 Å². The maximum Gasteiger partial charge on any atom is 0.278 e. The van der Waals surface area contributed by atoms with Crippen LogP contribution in [0.15, 0.2) is 78.5 Å². The van der Waals surface area contributed by atoms with Gasteiger partial charge in [-0.05, 0) is 53.9 Å². The smallest absolute Gasteiger partial charge is 0.278 e. The van der Waals surface area contributed by atoms with Crippen molar-refractivity contribution in [3.8, 4) is 5.75 Å². The van der Waals surface area contributed by atoms with E-state index in [9.17, 15) is 14.0 Å². The molecule has 0 bridgehead atoms. The molecule has 1 heterocycles. The number of halogens is 1. The minimum absolute atomic E-state index is 0.0521. The third-order valence-electron chi connectivity index (χ3n) is 5.21. The number of carbonyl (C=O) groups excluding carboxylic acids is 2. The molecule has 156 valence electrons. The number of carbonyl (C=O) groups is 2. The second-order valence-electron chi connectivity index (χ2n) is 7.24. The lowest BCUT2D eigenvalue weighted by molar-refractivity contribution is -0.137. The minimum atomic E-state index is -0.427. The fourth-order valence-electron chi connectivity index (χ4n) is 3.48. The predicted molar refractivity (Wildman–Crippen MR) is 117 cm³/mol. The molecule has 1 aliphatic rings. The summed E-state index contributed by atoms with van der Waals surface area (Å²) in [4.78, 5) is 27.8. The Balaban J connectivity index is 1.74. The second kappa shape index (κ2) is 8.44. The molecule has 6 heteroatoms. The molecule has 3 aromatic carbocycles. The average Bonchev–Trinajstić information content (AvgIpc) is 3.01. The number of hydrogen-bond donors (Lipinski definition) is 1. The Kier molecular flexibility index (Phi) is 5.54. The number of aryl methyl sites for hydroxylation is 1. The number of ether oxygens (including phenoxy) is 1. The number of amides is 2. The van der Waals surface area contributed by atoms with Crippen molar-refractivity contribution in [3.63, 3.8) is 0 Å². The molecule has 0 aromatic heterocycles. The van der Waals surface area contributed by atoms with Crippen molar-refractivity contribution in [2.45, 2.75) is 13.5 Å². The van der Waals surface area contributed by atoms with Crippen molar-refractivity contribution < 1.29 is 18.7 Å². The molecular formula is C25H21FN2O3. The first-order valence-electron chi connectivity index (χ1n) is 9.80. The maximum absolute atomic E-state index is 13.3. The van der Waals surface area contributed by atoms with Gasteiger partial charge in [0, 0.05) is 5.69 Å². The molecule has 31 heavy (non-hydrogen) atoms. The van der Waals surface area contributed by atoms with E-state index < -0.39 is 11.8 Å². The molecular weight excluding hydrogens is 395 g/mol. The molecule has 0 unspecified atom stereocenters. The van der Waals surface area contributed by atoms with E-state index in [0.717, 1.165) is 11.3 Å². The van der Waals surface area contributed by atoms with E-state index in [1.54, 1.807) is 43.5 Å². The molecule has 4 rings (SSSR count). The molecule has 0 spiro atoms. The molecule has 0 atom stereocenters. The van der Waals surface area contributed by atoms with E-state index >= 15 is 0 Å². The Hall–Kier alpha value is -3.93. The average molecular weight is 416 g/mol. The van der Waals surface area contributed by atoms with Crippen molar-refractivity contribution >= 4 is 23.1 Å². The Morgan fingerprint density at radius 3 is 2.23 bits per heavy atom. The highest BCUT2D eigenvalue weighted by Gasteiger charge is 2.39. The fourth-order valence-corrected chi connectivity index (χ4v) is 3.48. The van der Waals surface area contributed by atoms with E-state index in [-0.39, 0.29) is 23.6 Å². The van der Waals surface area contributed by atoms with Gasteiger partial charge in [0.15, 0.2) is 0 Å². The zero-order valence-corrected chi connectivity index (χ0v) is 17.2. The Morgan fingerprint density at radius 2 is 1.58 bits per heavy atom. The number of methoxy groups -OCH3 is 1. The maximum atomic E-state index is 13.3. The highest BCUT2D eigenvalue weighted by atomic mass is 19.1. The lowest BCUT2D eigenvalue weighted by Crippen LogP contribution is -2.32. The monoisotopic (exact) mass is 416 g/mol. The van der Waals surface area contributed by atoms with Crippen LogP contribution in [0.25, 0.3) is 5.57 Å². The van der Waals surface area contributed by atoms with Gasteiger partial charge in [0.2, 0.25) is 0 Å². The summed E-state index contributed by atoms with van der Waals surface area (Å²) in [6.07, 6.45) is 0. The lowest BCUT2D eigenvalue weighted by atomic mass is 10.0. The van der Waals surface area contributed by atoms with Gasteiger partial charge in [0.25, 0.3) is 11.8 Å². The molecule has 1 aliphatic heterocycles. The minimum Gasteiger partial charge on any atom is -0.497 e. The molecule has 0 fully saturated rings. The van der Waals surface area contributed by atoms with Crippen LogP contribution in [0.1, 0.15) is 16.7 Å². The molecule has 5 nitrogen and oxygen atoms in total. The molecule has 0 aliphatic carbocycles. The zero-order chi connectivity index (χ0) is 22.0. The van der Waals surface area contributed by atoms with Crippen molar-refractivity contribution in [2.75, 3.05) is 12.4 Å². The van der Waals surface area contributed by atoms with Crippen LogP contribution >= 0.6 is 0 Å². The number of nitrogens with zero attached hydrogens (tertiary/aromatic N) is 1. The molecule has 0 saturated carbocycles. The van der Waals surface area contributed by atoms with Crippen LogP contribution in [0.4, 0.5) is 10.1 Å². The molecule has 3 aromatic rings. The topological polar surface area (TPSA) is 58.6 Å². The van der Waals surface area contributed by atoms with Gasteiger partial charge in [-0.3, -0.25) is 14.5 Å². The van der Waals surface area contributed by atoms with Crippen LogP contribution in [0.5, 0.6) is 5.75 Å². The van der Waals surface area contributed by atoms with Gasteiger partial charge >= 0.3 is 0 Å². The third-order valence-corrected chi connectivity index (χ3v) is 5.21. The number of para-hydroxylation sites is 1. The van der Waals surface area contributed by atoms with Crippen molar-refractivity contribution in [2.24, 2.45) is 0 Å². The summed E-state index contributed by atoms with van der Waals surface area (Å²) in [6, 6.07) is 20.3. The summed E-state index contributed by atoms with van der Waals surface area (Å²) in [7, 11) is 1.56. The Labute approximate surface area is 179 Å². The number of nitrogens with one attached hydrogen (secondary N) is 1. The van der Waals surface area contributed by atoms with Gasteiger partial charge in [-0.2, -0.15) is 0 Å². The van der Waals surface area contributed by atoms with Crippen molar-refractivity contribution in [1.82, 2.24) is 4.90 Å². The van der Waals surface area contributed by atoms with E-state index in [2.05, 4.69) is 5.32 Å². The number of anilines is 1. The number of rotatable bonds is 6. The number of benzene rings is 3. The van der Waals surface area contributed by atoms with Gasteiger partial charge in [-0.1, -0.05) is 42.5 Å². The van der Waals surface area contributed by atoms with Gasteiger partial charge < -0.3 is 10.1 Å². The normalized spacial score (nSPS) is 13.7. The quantitative estimate of drug-likeness (QED) is 0.600. The molecule has 1 N–H and O–H groups in total. The highest BCUT2D eigenvalue weighted by molar-refractivity contribution is 6.36. The first kappa shape index (κ1) is 20.3. The summed E-state index contributed by atoms with van der Waals surface area (Å²) in [5.41, 5.74) is 3.46. The van der Waals surface area contributed by atoms with Crippen LogP contribution < -0.4 is 10.1 Å². The van der Waals surface area contributed by atoms with Crippen molar-refractivity contribution in [1.29, 1.82) is 0 Å². The summed E-state index contributed by atoms with van der Waals surface area (Å²) in [5.74, 6) is -0.557. The molecule has 2 amide bonds. The molecule has 0 saturated heterocycles. The van der Waals surface area contributed by atoms with Gasteiger partial charge in [-0.15, -0.1) is 0 Å². The number of imide groups is 1. The summed E-state index contributed by atoms with van der Waals surface area (Å²) >= 11 is 0. The van der Waals surface area contributed by atoms with Crippen LogP contribution in [0.3, 0.4) is 0 Å². The van der Waals surface area contributed by atoms with Gasteiger partial charge in [-0.25, -0.2) is 4.39 Å². The first-order valence-corrected chi connectivity index (χ1v) is 9.80. The SMILES string of the molecule is COc1ccc(C2=C(Nc3ccccc3C)C(=O)N(Cc3ccc(F)cc3)C2=O)cc1. The van der Waals surface area contributed by atoms with E-state index in [0.29, 0.717) is 16.9 Å². The van der Waals surface area contributed by atoms with Crippen LogP contribution in [-0.2, 0) is 16.1 Å².